The van der Waals surface area contributed by atoms with Gasteiger partial charge in [-0.1, -0.05) is 51.7 Å². The van der Waals surface area contributed by atoms with Crippen molar-refractivity contribution < 1.29 is 28.4 Å². The van der Waals surface area contributed by atoms with Gasteiger partial charge in [0.25, 0.3) is 0 Å². The van der Waals surface area contributed by atoms with Gasteiger partial charge in [-0.05, 0) is 51.4 Å². The number of aliphatic hydroxyl groups excluding tert-OH is 1. The molecule has 9 heteroatoms. The van der Waals surface area contributed by atoms with Crippen LogP contribution in [0, 0.1) is 0 Å². The Morgan fingerprint density at radius 3 is 2.24 bits per heavy atom. The Morgan fingerprint density at radius 2 is 1.67 bits per heavy atom. The molecule has 33 heavy (non-hydrogen) atoms. The van der Waals surface area contributed by atoms with Crippen LogP contribution in [0.1, 0.15) is 86.0 Å². The summed E-state index contributed by atoms with van der Waals surface area (Å²) in [7, 11) is 0. The molecule has 1 amide bonds. The van der Waals surface area contributed by atoms with Crippen LogP contribution < -0.4 is 5.32 Å². The highest BCUT2D eigenvalue weighted by atomic mass is 32.7. The molecule has 0 spiro atoms. The van der Waals surface area contributed by atoms with Gasteiger partial charge in [-0.25, -0.2) is 4.57 Å². The Bertz CT molecular complexity index is 579. The van der Waals surface area contributed by atoms with E-state index in [1.807, 2.05) is 6.08 Å². The average Bonchev–Trinajstić information content (AvgIpc) is 2.79. The number of quaternary nitrogens is 1. The van der Waals surface area contributed by atoms with E-state index < -0.39 is 18.9 Å². The smallest absolute Gasteiger partial charge is 0.386 e. The molecule has 3 atom stereocenters. The Labute approximate surface area is 206 Å². The monoisotopic (exact) mass is 509 g/mol. The summed E-state index contributed by atoms with van der Waals surface area (Å²) in [6, 6.07) is -0.646. The van der Waals surface area contributed by atoms with Crippen molar-refractivity contribution in [2.75, 3.05) is 38.5 Å². The first-order chi connectivity index (χ1) is 15.7. The molecule has 0 saturated carbocycles. The molecule has 0 heterocycles. The molecule has 0 aliphatic heterocycles. The van der Waals surface area contributed by atoms with Crippen molar-refractivity contribution in [3.05, 3.63) is 12.2 Å². The van der Waals surface area contributed by atoms with Gasteiger partial charge in [0.15, 0.2) is 0 Å². The fraction of sp³-hybridized carbons (Fsp3) is 0.875. The lowest BCUT2D eigenvalue weighted by Crippen LogP contribution is -2.49. The number of aliphatic hydroxyl groups is 1. The molecule has 0 bridgehead atoms. The number of likely N-dealkylation sites (N-methyl/N-ethyl adjacent to an activating group) is 1. The third kappa shape index (κ3) is 15.3. The summed E-state index contributed by atoms with van der Waals surface area (Å²) >= 11 is 0.780. The SMILES string of the molecule is CCCCC/C=C/[C@@H](O)[C@@H](CSP(=O)(O)OCC[N+](CC)(CC)CC)NC(=O)CCCCC. The average molecular weight is 510 g/mol. The number of carbonyl (C=O) groups is 1. The van der Waals surface area contributed by atoms with Crippen molar-refractivity contribution in [3.8, 4) is 0 Å². The van der Waals surface area contributed by atoms with Crippen molar-refractivity contribution in [2.24, 2.45) is 0 Å². The van der Waals surface area contributed by atoms with Crippen LogP contribution in [0.3, 0.4) is 0 Å². The number of hydrogen-bond acceptors (Lipinski definition) is 5. The minimum atomic E-state index is -3.89. The highest BCUT2D eigenvalue weighted by Gasteiger charge is 2.28. The van der Waals surface area contributed by atoms with Crippen molar-refractivity contribution in [3.63, 3.8) is 0 Å². The number of unbranched alkanes of at least 4 members (excludes halogenated alkanes) is 5. The normalized spacial score (nSPS) is 16.0. The number of amides is 1. The zero-order valence-electron chi connectivity index (χ0n) is 21.6. The minimum Gasteiger partial charge on any atom is -0.387 e. The van der Waals surface area contributed by atoms with Gasteiger partial charge in [0.05, 0.1) is 31.8 Å². The number of carbonyl (C=O) groups excluding carboxylic acids is 1. The van der Waals surface area contributed by atoms with Crippen LogP contribution in [-0.4, -0.2) is 71.1 Å². The number of rotatable bonds is 21. The molecular formula is C24H50N2O5PS+. The molecule has 0 aromatic rings. The van der Waals surface area contributed by atoms with Gasteiger partial charge < -0.3 is 19.8 Å². The van der Waals surface area contributed by atoms with E-state index in [0.717, 1.165) is 80.4 Å². The maximum Gasteiger partial charge on any atom is 0.386 e. The quantitative estimate of drug-likeness (QED) is 0.0844. The zero-order chi connectivity index (χ0) is 25.2. The highest BCUT2D eigenvalue weighted by Crippen LogP contribution is 2.55. The number of nitrogens with zero attached hydrogens (tertiary/aromatic N) is 1. The number of hydrogen-bond donors (Lipinski definition) is 3. The van der Waals surface area contributed by atoms with Gasteiger partial charge in [-0.2, -0.15) is 0 Å². The summed E-state index contributed by atoms with van der Waals surface area (Å²) in [5, 5.41) is 13.5. The molecule has 0 aromatic carbocycles. The van der Waals surface area contributed by atoms with Gasteiger partial charge in [0.1, 0.15) is 13.2 Å². The molecule has 0 saturated heterocycles. The third-order valence-electron chi connectivity index (χ3n) is 6.32. The molecule has 7 nitrogen and oxygen atoms in total. The summed E-state index contributed by atoms with van der Waals surface area (Å²) < 4.78 is 18.8. The van der Waals surface area contributed by atoms with Gasteiger partial charge in [-0.15, -0.1) is 0 Å². The standard InChI is InChI=1S/C24H49N2O5PS/c1-6-11-13-14-16-17-23(27)22(25-24(28)18-15-12-7-2)21-33-32(29,30)31-20-19-26(8-3,9-4)10-5/h16-17,22-23,27H,6-15,18-21H2,1-5H3,(H-,25,28,29,30)/p+1/b17-16+/t22-,23-/m1/s1. The van der Waals surface area contributed by atoms with Gasteiger partial charge in [-0.3, -0.25) is 9.32 Å². The number of allylic oxidation sites excluding steroid dienone is 1. The van der Waals surface area contributed by atoms with Gasteiger partial charge >= 0.3 is 6.80 Å². The zero-order valence-corrected chi connectivity index (χ0v) is 23.3. The fourth-order valence-corrected chi connectivity index (χ4v) is 6.14. The fourth-order valence-electron chi connectivity index (χ4n) is 3.63. The minimum absolute atomic E-state index is 0.100. The molecule has 0 fully saturated rings. The summed E-state index contributed by atoms with van der Waals surface area (Å²) in [6.07, 6.45) is 10.0. The largest absolute Gasteiger partial charge is 0.387 e. The Balaban J connectivity index is 4.92. The molecule has 196 valence electrons. The Morgan fingerprint density at radius 1 is 1.06 bits per heavy atom. The summed E-state index contributed by atoms with van der Waals surface area (Å²) in [6.45, 7) is 10.4. The van der Waals surface area contributed by atoms with Crippen LogP contribution in [0.25, 0.3) is 0 Å². The van der Waals surface area contributed by atoms with Crippen LogP contribution in [0.15, 0.2) is 12.2 Å². The van der Waals surface area contributed by atoms with Crippen LogP contribution in [0.5, 0.6) is 0 Å². The molecule has 1 unspecified atom stereocenters. The predicted octanol–water partition coefficient (Wildman–Crippen LogP) is 5.28. The molecule has 3 N–H and O–H groups in total. The van der Waals surface area contributed by atoms with Crippen molar-refractivity contribution in [1.82, 2.24) is 5.32 Å². The van der Waals surface area contributed by atoms with Crippen molar-refractivity contribution in [2.45, 2.75) is 98.1 Å². The maximum atomic E-state index is 12.6. The highest BCUT2D eigenvalue weighted by molar-refractivity contribution is 8.54. The lowest BCUT2D eigenvalue weighted by molar-refractivity contribution is -0.923. The summed E-state index contributed by atoms with van der Waals surface area (Å²) in [4.78, 5) is 22.7. The van der Waals surface area contributed by atoms with Crippen LogP contribution in [0.2, 0.25) is 0 Å². The van der Waals surface area contributed by atoms with Crippen molar-refractivity contribution in [1.29, 1.82) is 0 Å². The molecule has 0 aromatic heterocycles. The lowest BCUT2D eigenvalue weighted by Gasteiger charge is -2.35. The van der Waals surface area contributed by atoms with E-state index in [9.17, 15) is 19.4 Å². The summed E-state index contributed by atoms with van der Waals surface area (Å²) in [5.74, 6) is -0.0413. The van der Waals surface area contributed by atoms with Crippen LogP contribution >= 0.6 is 18.2 Å². The first-order valence-electron chi connectivity index (χ1n) is 12.8. The first kappa shape index (κ1) is 32.6. The van der Waals surface area contributed by atoms with Crippen LogP contribution in [0.4, 0.5) is 0 Å². The third-order valence-corrected chi connectivity index (χ3v) is 9.41. The number of nitrogens with one attached hydrogen (secondary N) is 1. The summed E-state index contributed by atoms with van der Waals surface area (Å²) in [5.41, 5.74) is 0. The molecule has 0 radical (unpaired) electrons. The second-order valence-corrected chi connectivity index (χ2v) is 12.6. The Hall–Kier alpha value is -0.370. The van der Waals surface area contributed by atoms with E-state index in [2.05, 4.69) is 39.9 Å². The van der Waals surface area contributed by atoms with Crippen molar-refractivity contribution >= 4 is 24.1 Å². The van der Waals surface area contributed by atoms with Crippen LogP contribution in [-0.2, 0) is 13.9 Å². The van der Waals surface area contributed by atoms with E-state index >= 15 is 0 Å². The van der Waals surface area contributed by atoms with E-state index in [-0.39, 0.29) is 18.3 Å². The Kier molecular flexibility index (Phi) is 18.7. The van der Waals surface area contributed by atoms with E-state index in [1.54, 1.807) is 6.08 Å². The van der Waals surface area contributed by atoms with E-state index in [4.69, 9.17) is 4.52 Å². The predicted molar refractivity (Wildman–Crippen MR) is 140 cm³/mol. The second kappa shape index (κ2) is 18.9. The topological polar surface area (TPSA) is 95.9 Å². The lowest BCUT2D eigenvalue weighted by atomic mass is 10.1. The van der Waals surface area contributed by atoms with Gasteiger partial charge in [0.2, 0.25) is 5.91 Å². The molecule has 0 rings (SSSR count). The van der Waals surface area contributed by atoms with E-state index in [0.29, 0.717) is 13.0 Å². The van der Waals surface area contributed by atoms with Gasteiger partial charge in [0, 0.05) is 12.2 Å². The van der Waals surface area contributed by atoms with E-state index in [1.165, 1.54) is 0 Å². The molecular weight excluding hydrogens is 459 g/mol. The second-order valence-electron chi connectivity index (χ2n) is 8.66. The first-order valence-corrected chi connectivity index (χ1v) is 16.0. The molecule has 0 aliphatic carbocycles. The molecule has 0 aliphatic rings. The maximum absolute atomic E-state index is 12.6.